The summed E-state index contributed by atoms with van der Waals surface area (Å²) in [6.45, 7) is 17.5. The normalized spacial score (nSPS) is 12.2. The van der Waals surface area contributed by atoms with Gasteiger partial charge in [0.25, 0.3) is 0 Å². The molecule has 4 nitrogen and oxygen atoms in total. The van der Waals surface area contributed by atoms with Gasteiger partial charge in [-0.25, -0.2) is 8.78 Å². The van der Waals surface area contributed by atoms with E-state index < -0.39 is 5.54 Å². The number of rotatable bonds is 32. The van der Waals surface area contributed by atoms with Gasteiger partial charge in [0.2, 0.25) is 0 Å². The SMILES string of the molecule is CCCCCCc1cc(-c2ccc(N(c3ccc(-c4ccc(CCC)cc4)cc3)c3ccc(-c4ccc(C(N)(CC)CC)cc4)cc3)cc2F)c(CCCCCC)cc1-c1ccc(N(c2ccc(-c3ccc(CCC)cc3)cc2)c2ccc(-c3ccc(C(C)(N)CCC)cc3)cc2)cc1F. The van der Waals surface area contributed by atoms with Gasteiger partial charge < -0.3 is 21.3 Å². The predicted octanol–water partition coefficient (Wildman–Crippen LogP) is 27.0. The third-order valence-electron chi connectivity index (χ3n) is 20.8. The molecule has 514 valence electrons. The maximum Gasteiger partial charge on any atom is 0.133 e. The molecule has 6 heteroatoms. The quantitative estimate of drug-likeness (QED) is 0.0413. The van der Waals surface area contributed by atoms with E-state index in [0.717, 1.165) is 216 Å². The van der Waals surface area contributed by atoms with Crippen molar-refractivity contribution in [1.29, 1.82) is 0 Å². The van der Waals surface area contributed by atoms with Crippen molar-refractivity contribution in [2.45, 2.75) is 182 Å². The second kappa shape index (κ2) is 33.8. The van der Waals surface area contributed by atoms with Crippen LogP contribution in [0.15, 0.2) is 243 Å². The largest absolute Gasteiger partial charge is 0.322 e. The molecule has 1 unspecified atom stereocenters. The average Bonchev–Trinajstić information content (AvgIpc) is 0.771. The summed E-state index contributed by atoms with van der Waals surface area (Å²) in [6.07, 6.45) is 17.8. The Labute approximate surface area is 597 Å². The minimum atomic E-state index is -0.394. The van der Waals surface area contributed by atoms with E-state index in [-0.39, 0.29) is 17.2 Å². The van der Waals surface area contributed by atoms with Crippen LogP contribution in [0.3, 0.4) is 0 Å². The molecule has 0 aromatic heterocycles. The summed E-state index contributed by atoms with van der Waals surface area (Å²) in [5.41, 5.74) is 36.6. The van der Waals surface area contributed by atoms with E-state index in [0.29, 0.717) is 22.5 Å². The zero-order valence-corrected chi connectivity index (χ0v) is 60.6. The van der Waals surface area contributed by atoms with E-state index in [4.69, 9.17) is 11.5 Å². The Morgan fingerprint density at radius 2 is 0.590 bits per heavy atom. The monoisotopic (exact) mass is 1330 g/mol. The number of nitrogens with two attached hydrogens (primary N) is 2. The second-order valence-electron chi connectivity index (χ2n) is 28.1. The van der Waals surface area contributed by atoms with Crippen LogP contribution in [0.2, 0.25) is 0 Å². The Kier molecular flexibility index (Phi) is 24.3. The van der Waals surface area contributed by atoms with Gasteiger partial charge in [0, 0.05) is 56.3 Å². The van der Waals surface area contributed by atoms with Crippen LogP contribution in [-0.2, 0) is 36.8 Å². The van der Waals surface area contributed by atoms with Gasteiger partial charge in [-0.15, -0.1) is 0 Å². The van der Waals surface area contributed by atoms with Gasteiger partial charge in [-0.05, 0) is 239 Å². The molecule has 1 atom stereocenters. The van der Waals surface area contributed by atoms with Crippen LogP contribution < -0.4 is 21.3 Å². The van der Waals surface area contributed by atoms with E-state index in [1.807, 2.05) is 12.1 Å². The van der Waals surface area contributed by atoms with E-state index in [1.54, 1.807) is 12.1 Å². The van der Waals surface area contributed by atoms with Crippen molar-refractivity contribution in [2.75, 3.05) is 9.80 Å². The lowest BCUT2D eigenvalue weighted by Crippen LogP contribution is -2.34. The number of unbranched alkanes of at least 4 members (excludes halogenated alkanes) is 6. The molecule has 0 aliphatic heterocycles. The first-order valence-corrected chi connectivity index (χ1v) is 37.4. The molecule has 100 heavy (non-hydrogen) atoms. The van der Waals surface area contributed by atoms with Crippen LogP contribution in [0.25, 0.3) is 66.8 Å². The summed E-state index contributed by atoms with van der Waals surface area (Å²) in [5.74, 6) is -0.614. The topological polar surface area (TPSA) is 58.5 Å². The highest BCUT2D eigenvalue weighted by molar-refractivity contribution is 5.85. The number of hydrogen-bond acceptors (Lipinski definition) is 4. The lowest BCUT2D eigenvalue weighted by atomic mass is 9.85. The summed E-state index contributed by atoms with van der Waals surface area (Å²) in [4.78, 5) is 4.31. The van der Waals surface area contributed by atoms with Gasteiger partial charge in [0.1, 0.15) is 11.6 Å². The molecule has 0 spiro atoms. The van der Waals surface area contributed by atoms with Gasteiger partial charge >= 0.3 is 0 Å². The Morgan fingerprint density at radius 1 is 0.290 bits per heavy atom. The molecule has 0 fully saturated rings. The van der Waals surface area contributed by atoms with Gasteiger partial charge in [0.15, 0.2) is 0 Å². The minimum Gasteiger partial charge on any atom is -0.322 e. The van der Waals surface area contributed by atoms with Crippen molar-refractivity contribution in [2.24, 2.45) is 11.5 Å². The first-order chi connectivity index (χ1) is 48.7. The van der Waals surface area contributed by atoms with E-state index in [1.165, 1.54) is 11.1 Å². The third-order valence-corrected chi connectivity index (χ3v) is 20.8. The lowest BCUT2D eigenvalue weighted by Gasteiger charge is -2.27. The second-order valence-corrected chi connectivity index (χ2v) is 28.1. The highest BCUT2D eigenvalue weighted by atomic mass is 19.1. The van der Waals surface area contributed by atoms with Crippen molar-refractivity contribution in [3.63, 3.8) is 0 Å². The minimum absolute atomic E-state index is 0.307. The maximum atomic E-state index is 18.0. The summed E-state index contributed by atoms with van der Waals surface area (Å²) in [6, 6.07) is 85.3. The number of aryl methyl sites for hydroxylation is 4. The average molecular weight is 1330 g/mol. The fourth-order valence-corrected chi connectivity index (χ4v) is 14.6. The van der Waals surface area contributed by atoms with Crippen LogP contribution >= 0.6 is 0 Å². The zero-order chi connectivity index (χ0) is 70.2. The molecule has 0 bridgehead atoms. The van der Waals surface area contributed by atoms with Crippen molar-refractivity contribution >= 4 is 34.1 Å². The Bertz CT molecular complexity index is 4400. The van der Waals surface area contributed by atoms with Crippen LogP contribution in [0.4, 0.5) is 42.9 Å². The predicted molar refractivity (Wildman–Crippen MR) is 425 cm³/mol. The molecule has 0 aliphatic carbocycles. The molecule has 0 aliphatic rings. The molecule has 11 aromatic rings. The van der Waals surface area contributed by atoms with E-state index in [2.05, 4.69) is 284 Å². The molecular formula is C94H104F2N4. The molecule has 0 amide bonds. The van der Waals surface area contributed by atoms with Crippen LogP contribution in [0.5, 0.6) is 0 Å². The smallest absolute Gasteiger partial charge is 0.133 e. The molecule has 0 heterocycles. The fraction of sp³-hybridized carbons (Fsp3) is 0.298. The molecule has 11 rings (SSSR count). The van der Waals surface area contributed by atoms with Gasteiger partial charge in [-0.2, -0.15) is 0 Å². The third kappa shape index (κ3) is 17.0. The summed E-state index contributed by atoms with van der Waals surface area (Å²) in [5, 5.41) is 0. The van der Waals surface area contributed by atoms with Crippen molar-refractivity contribution < 1.29 is 8.78 Å². The van der Waals surface area contributed by atoms with E-state index in [9.17, 15) is 0 Å². The molecule has 0 saturated heterocycles. The molecule has 0 saturated carbocycles. The summed E-state index contributed by atoms with van der Waals surface area (Å²) in [7, 11) is 0. The fourth-order valence-electron chi connectivity index (χ4n) is 14.6. The molecule has 4 N–H and O–H groups in total. The summed E-state index contributed by atoms with van der Waals surface area (Å²) < 4.78 is 36.0. The molecular weight excluding hydrogens is 1220 g/mol. The number of anilines is 6. The number of halogens is 2. The number of nitrogens with zero attached hydrogens (tertiary/aromatic N) is 2. The number of benzene rings is 11. The van der Waals surface area contributed by atoms with Crippen LogP contribution in [0, 0.1) is 11.6 Å². The van der Waals surface area contributed by atoms with Crippen LogP contribution in [0.1, 0.15) is 179 Å². The highest BCUT2D eigenvalue weighted by Gasteiger charge is 2.26. The lowest BCUT2D eigenvalue weighted by molar-refractivity contribution is 0.413. The number of hydrogen-bond donors (Lipinski definition) is 2. The van der Waals surface area contributed by atoms with Gasteiger partial charge in [0.05, 0.1) is 0 Å². The van der Waals surface area contributed by atoms with Gasteiger partial charge in [-0.1, -0.05) is 264 Å². The molecule has 11 aromatic carbocycles. The van der Waals surface area contributed by atoms with Crippen molar-refractivity contribution in [1.82, 2.24) is 0 Å². The first kappa shape index (κ1) is 72.1. The standard InChI is InChI=1S/C94H104F2N4/c1-9-16-18-20-24-77-64-90(88-61-59-86(66-92(88)96)100(82-52-40-74(41-53-82)70-32-28-68(23-12-4)29-33-70)84-56-44-76(45-57-84)72-36-48-80(49-37-72)94(98,14-6)15-7)78(25-21-19-17-10-2)63-89(77)87-60-58-85(65-91(87)95)99(81-50-38-73(39-51-81)69-30-26-67(22-11-3)27-31-69)83-54-42-75(43-55-83)71-34-46-79(47-35-71)93(8,97)62-13-5/h26-61,63-66H,9-25,62,97-98H2,1-8H3. The van der Waals surface area contributed by atoms with Crippen molar-refractivity contribution in [3.05, 3.63) is 288 Å². The Hall–Kier alpha value is -9.20. The zero-order valence-electron chi connectivity index (χ0n) is 60.6. The molecule has 0 radical (unpaired) electrons. The van der Waals surface area contributed by atoms with Gasteiger partial charge in [-0.3, -0.25) is 0 Å². The maximum absolute atomic E-state index is 18.0. The highest BCUT2D eigenvalue weighted by Crippen LogP contribution is 2.44. The first-order valence-electron chi connectivity index (χ1n) is 37.4. The van der Waals surface area contributed by atoms with Crippen molar-refractivity contribution in [3.8, 4) is 66.8 Å². The summed E-state index contributed by atoms with van der Waals surface area (Å²) >= 11 is 0. The Morgan fingerprint density at radius 3 is 0.880 bits per heavy atom. The Balaban J connectivity index is 0.972. The van der Waals surface area contributed by atoms with E-state index >= 15 is 8.78 Å². The van der Waals surface area contributed by atoms with Crippen LogP contribution in [-0.4, -0.2) is 0 Å².